The van der Waals surface area contributed by atoms with E-state index in [1.807, 2.05) is 6.92 Å². The van der Waals surface area contributed by atoms with Gasteiger partial charge in [0.05, 0.1) is 35.7 Å². The van der Waals surface area contributed by atoms with Crippen LogP contribution in [0.1, 0.15) is 113 Å². The number of alkyl halides is 3. The molecule has 69 heavy (non-hydrogen) atoms. The van der Waals surface area contributed by atoms with Crippen LogP contribution in [0, 0.1) is 23.6 Å². The number of hydrogen-bond acceptors (Lipinski definition) is 11. The normalized spacial score (nSPS) is 26.4. The van der Waals surface area contributed by atoms with E-state index < -0.39 is 91.7 Å². The minimum absolute atomic E-state index is 0.0260. The summed E-state index contributed by atoms with van der Waals surface area (Å²) in [6.07, 6.45) is -3.77. The lowest BCUT2D eigenvalue weighted by molar-refractivity contribution is -0.244. The zero-order valence-corrected chi connectivity index (χ0v) is 41.1. The van der Waals surface area contributed by atoms with Crippen molar-refractivity contribution in [3.8, 4) is 28.5 Å². The second kappa shape index (κ2) is 19.4. The molecule has 0 bridgehead atoms. The number of pyridine rings is 1. The molecule has 1 aromatic heterocycles. The fraction of sp³-hybridized carbons (Fsp3) is 0.612. The Balaban J connectivity index is 1.28. The summed E-state index contributed by atoms with van der Waals surface area (Å²) < 4.78 is 108. The zero-order chi connectivity index (χ0) is 50.4. The Hall–Kier alpha value is -5.40. The molecule has 2 aromatic carbocycles. The molecule has 4 amide bonds. The molecular weight excluding hydrogens is 927 g/mol. The average Bonchev–Trinajstić information content (AvgIpc) is 4.15. The van der Waals surface area contributed by atoms with E-state index in [4.69, 9.17) is 23.9 Å². The molecule has 3 heterocycles. The zero-order valence-electron chi connectivity index (χ0n) is 40.3. The Morgan fingerprint density at radius 2 is 1.72 bits per heavy atom. The highest BCUT2D eigenvalue weighted by Gasteiger charge is 2.63. The van der Waals surface area contributed by atoms with Gasteiger partial charge in [-0.05, 0) is 115 Å². The number of fused-ring (bicyclic) bond motifs is 3. The Morgan fingerprint density at radius 1 is 1.01 bits per heavy atom. The van der Waals surface area contributed by atoms with Crippen LogP contribution in [0.3, 0.4) is 0 Å². The van der Waals surface area contributed by atoms with E-state index in [9.17, 15) is 36.0 Å². The Labute approximate surface area is 400 Å². The maximum Gasteiger partial charge on any atom is 0.427 e. The molecule has 4 fully saturated rings. The lowest BCUT2D eigenvalue weighted by Crippen LogP contribution is -2.60. The number of rotatable bonds is 12. The summed E-state index contributed by atoms with van der Waals surface area (Å²) in [5, 5.41) is 5.82. The van der Waals surface area contributed by atoms with E-state index >= 15 is 9.18 Å². The molecule has 2 saturated carbocycles. The maximum atomic E-state index is 15.4. The summed E-state index contributed by atoms with van der Waals surface area (Å²) in [6, 6.07) is 8.20. The summed E-state index contributed by atoms with van der Waals surface area (Å²) in [6.45, 7) is 9.97. The predicted octanol–water partition coefficient (Wildman–Crippen LogP) is 8.12. The number of nitrogens with zero attached hydrogens (tertiary/aromatic N) is 2. The van der Waals surface area contributed by atoms with Gasteiger partial charge in [-0.1, -0.05) is 39.5 Å². The molecule has 7 rings (SSSR count). The third kappa shape index (κ3) is 11.0. The van der Waals surface area contributed by atoms with Crippen molar-refractivity contribution in [3.05, 3.63) is 48.3 Å². The van der Waals surface area contributed by atoms with Crippen LogP contribution in [0.25, 0.3) is 22.2 Å². The van der Waals surface area contributed by atoms with Gasteiger partial charge in [0.2, 0.25) is 27.4 Å². The fourth-order valence-corrected chi connectivity index (χ4v) is 10.7. The van der Waals surface area contributed by atoms with Crippen molar-refractivity contribution < 1.29 is 64.1 Å². The summed E-state index contributed by atoms with van der Waals surface area (Å²) in [5.74, 6) is -3.40. The van der Waals surface area contributed by atoms with Gasteiger partial charge in [0.1, 0.15) is 35.2 Å². The van der Waals surface area contributed by atoms with Gasteiger partial charge < -0.3 is 34.5 Å². The van der Waals surface area contributed by atoms with E-state index in [2.05, 4.69) is 15.4 Å². The molecule has 3 aromatic rings. The number of methoxy groups -OCH3 is 1. The van der Waals surface area contributed by atoms with Crippen molar-refractivity contribution in [2.75, 3.05) is 13.7 Å². The Bertz CT molecular complexity index is 2570. The maximum absolute atomic E-state index is 15.4. The van der Waals surface area contributed by atoms with Crippen LogP contribution in [0.4, 0.5) is 22.4 Å². The average molecular weight is 990 g/mol. The first kappa shape index (κ1) is 51.5. The monoisotopic (exact) mass is 989 g/mol. The van der Waals surface area contributed by atoms with Crippen LogP contribution in [0.5, 0.6) is 17.2 Å². The highest BCUT2D eigenvalue weighted by molar-refractivity contribution is 7.91. The highest BCUT2D eigenvalue weighted by atomic mass is 32.2. The van der Waals surface area contributed by atoms with Crippen LogP contribution in [0.15, 0.2) is 42.5 Å². The molecule has 3 N–H and O–H groups in total. The summed E-state index contributed by atoms with van der Waals surface area (Å²) in [7, 11) is -2.63. The molecule has 20 heteroatoms. The van der Waals surface area contributed by atoms with E-state index in [1.165, 1.54) is 24.1 Å². The van der Waals surface area contributed by atoms with Gasteiger partial charge in [-0.2, -0.15) is 13.2 Å². The lowest BCUT2D eigenvalue weighted by Gasteiger charge is -2.35. The second-order valence-electron chi connectivity index (χ2n) is 20.2. The SMILES string of the molecule is CC[C@@H]1C[C@H](C)CCCC[C@@H]2C[C@@]2(C(=O)NS(=O)(=O)C2(C)CC2)NC(=O)[C@@H]2C[C@@H](Oc3cc(-c4ccc(OC(C)C)c(F)c4)nc4cc(OC)ccc34)CN2C(=O)[C@H]1NC(=O)OC(C)(C)C(F)(F)F. The van der Waals surface area contributed by atoms with Gasteiger partial charge in [0.15, 0.2) is 11.6 Å². The largest absolute Gasteiger partial charge is 0.497 e. The molecule has 2 aliphatic heterocycles. The number of amides is 4. The van der Waals surface area contributed by atoms with Crippen LogP contribution < -0.4 is 29.6 Å². The highest BCUT2D eigenvalue weighted by Crippen LogP contribution is 2.49. The molecule has 4 aliphatic rings. The molecule has 2 aliphatic carbocycles. The van der Waals surface area contributed by atoms with Gasteiger partial charge in [0.25, 0.3) is 5.91 Å². The topological polar surface area (TPSA) is 192 Å². The van der Waals surface area contributed by atoms with Gasteiger partial charge in [-0.3, -0.25) is 19.1 Å². The van der Waals surface area contributed by atoms with Crippen molar-refractivity contribution in [3.63, 3.8) is 0 Å². The van der Waals surface area contributed by atoms with Gasteiger partial charge >= 0.3 is 12.3 Å². The van der Waals surface area contributed by atoms with Gasteiger partial charge in [-0.25, -0.2) is 22.6 Å². The van der Waals surface area contributed by atoms with Gasteiger partial charge in [-0.15, -0.1) is 0 Å². The van der Waals surface area contributed by atoms with E-state index in [0.717, 1.165) is 0 Å². The van der Waals surface area contributed by atoms with E-state index in [-0.39, 0.29) is 42.9 Å². The predicted molar refractivity (Wildman–Crippen MR) is 247 cm³/mol. The number of sulfonamides is 1. The van der Waals surface area contributed by atoms with Gasteiger partial charge in [0, 0.05) is 29.5 Å². The lowest BCUT2D eigenvalue weighted by atomic mass is 9.84. The molecule has 7 atom stereocenters. The minimum Gasteiger partial charge on any atom is -0.497 e. The molecule has 15 nitrogen and oxygen atoms in total. The first-order valence-corrected chi connectivity index (χ1v) is 25.2. The molecule has 0 radical (unpaired) electrons. The van der Waals surface area contributed by atoms with Crippen molar-refractivity contribution >= 4 is 44.7 Å². The molecular formula is C49H63F4N5O10S. The number of alkyl carbamates (subject to hydrolysis) is 1. The van der Waals surface area contributed by atoms with Crippen LogP contribution in [0.2, 0.25) is 0 Å². The number of nitrogens with one attached hydrogen (secondary N) is 3. The number of carbonyl (C=O) groups excluding carboxylic acids is 4. The minimum atomic E-state index is -4.95. The third-order valence-electron chi connectivity index (χ3n) is 14.2. The number of aromatic nitrogens is 1. The first-order valence-electron chi connectivity index (χ1n) is 23.7. The Morgan fingerprint density at radius 3 is 2.36 bits per heavy atom. The number of hydrogen-bond donors (Lipinski definition) is 3. The first-order chi connectivity index (χ1) is 32.3. The molecule has 0 spiro atoms. The van der Waals surface area contributed by atoms with Crippen LogP contribution in [-0.4, -0.2) is 102 Å². The third-order valence-corrected chi connectivity index (χ3v) is 16.3. The molecule has 378 valence electrons. The van der Waals surface area contributed by atoms with E-state index in [0.29, 0.717) is 93.1 Å². The number of halogens is 4. The number of carbonyl (C=O) groups is 4. The van der Waals surface area contributed by atoms with Crippen molar-refractivity contribution in [1.82, 2.24) is 25.2 Å². The van der Waals surface area contributed by atoms with Crippen LogP contribution in [-0.2, 0) is 29.1 Å². The quantitative estimate of drug-likeness (QED) is 0.149. The standard InChI is InChI=1S/C49H63F4N5O10S/c1-9-29-20-28(4)12-10-11-13-31-25-48(31,44(61)57-69(63,64)47(7)18-19-47)56-42(59)38-23-33(26-58(38)43(60)41(29)55-45(62)68-46(5,6)49(51,52)53)67-40-24-36(54-37-22-32(65-8)15-16-34(37)40)30-14-17-39(35(50)21-30)66-27(2)3/h14-17,21-22,24,27-29,31,33,38,41H,9-13,18-20,23,25-26H2,1-8H3,(H,55,62)(H,56,59)(H,57,61)/t28-,29-,31-,33-,38+,41+,48-/m1/s1. The fourth-order valence-electron chi connectivity index (χ4n) is 9.43. The summed E-state index contributed by atoms with van der Waals surface area (Å²) >= 11 is 0. The smallest absolute Gasteiger partial charge is 0.427 e. The molecule has 0 unspecified atom stereocenters. The van der Waals surface area contributed by atoms with Crippen molar-refractivity contribution in [2.45, 2.75) is 159 Å². The van der Waals surface area contributed by atoms with E-state index in [1.54, 1.807) is 58.0 Å². The number of ether oxygens (including phenoxy) is 4. The van der Waals surface area contributed by atoms with Crippen LogP contribution >= 0.6 is 0 Å². The Kier molecular flexibility index (Phi) is 14.5. The summed E-state index contributed by atoms with van der Waals surface area (Å²) in [5.41, 5.74) is -3.46. The van der Waals surface area contributed by atoms with Crippen molar-refractivity contribution in [1.29, 1.82) is 0 Å². The summed E-state index contributed by atoms with van der Waals surface area (Å²) in [4.78, 5) is 63.7. The number of benzene rings is 2. The van der Waals surface area contributed by atoms with Crippen molar-refractivity contribution in [2.24, 2.45) is 17.8 Å². The second-order valence-corrected chi connectivity index (χ2v) is 22.4. The molecule has 2 saturated heterocycles.